The molecule has 2 aromatic carbocycles. The Morgan fingerprint density at radius 3 is 1.66 bits per heavy atom. The minimum atomic E-state index is -1.24. The van der Waals surface area contributed by atoms with E-state index < -0.39 is 47.8 Å². The molecule has 2 atom stereocenters. The average molecular weight is 480 g/mol. The Morgan fingerprint density at radius 1 is 0.771 bits per heavy atom. The van der Waals surface area contributed by atoms with E-state index in [1.807, 2.05) is 0 Å². The van der Waals surface area contributed by atoms with Crippen LogP contribution in [0.5, 0.6) is 0 Å². The zero-order valence-electron chi connectivity index (χ0n) is 18.7. The number of rotatable bonds is 8. The van der Waals surface area contributed by atoms with Gasteiger partial charge in [-0.15, -0.1) is 0 Å². The van der Waals surface area contributed by atoms with Gasteiger partial charge < -0.3 is 14.9 Å². The Bertz CT molecular complexity index is 1320. The quantitative estimate of drug-likeness (QED) is 0.540. The number of carboxylic acids is 2. The van der Waals surface area contributed by atoms with E-state index in [1.165, 1.54) is 24.3 Å². The van der Waals surface area contributed by atoms with Gasteiger partial charge in [-0.3, -0.25) is 24.1 Å². The van der Waals surface area contributed by atoms with E-state index in [1.54, 1.807) is 13.8 Å². The molecule has 2 heterocycles. The smallest absolute Gasteiger partial charge is 0.335 e. The average Bonchev–Trinajstić information content (AvgIpc) is 3.23. The Hall–Kier alpha value is -4.38. The predicted molar refractivity (Wildman–Crippen MR) is 117 cm³/mol. The fraction of sp³-hybridized carbons (Fsp3) is 0.250. The molecule has 0 saturated heterocycles. The number of fused-ring (bicyclic) bond motifs is 2. The van der Waals surface area contributed by atoms with Crippen molar-refractivity contribution < 1.29 is 43.7 Å². The summed E-state index contributed by atoms with van der Waals surface area (Å²) in [4.78, 5) is 75.6. The van der Waals surface area contributed by atoms with Crippen molar-refractivity contribution in [2.75, 3.05) is 6.61 Å². The number of imide groups is 2. The summed E-state index contributed by atoms with van der Waals surface area (Å²) in [5.74, 6) is -5.07. The van der Waals surface area contributed by atoms with E-state index in [0.717, 1.165) is 21.9 Å². The van der Waals surface area contributed by atoms with Crippen LogP contribution in [0.2, 0.25) is 0 Å². The van der Waals surface area contributed by atoms with Crippen molar-refractivity contribution in [1.29, 1.82) is 0 Å². The summed E-state index contributed by atoms with van der Waals surface area (Å²) in [7, 11) is 0. The zero-order chi connectivity index (χ0) is 25.6. The molecule has 0 spiro atoms. The van der Waals surface area contributed by atoms with Gasteiger partial charge in [0.2, 0.25) is 0 Å². The van der Waals surface area contributed by atoms with Crippen molar-refractivity contribution in [2.45, 2.75) is 32.5 Å². The van der Waals surface area contributed by atoms with Crippen molar-refractivity contribution in [3.05, 3.63) is 69.8 Å². The minimum Gasteiger partial charge on any atom is -0.478 e. The first-order valence-electron chi connectivity index (χ1n) is 10.7. The number of amides is 4. The van der Waals surface area contributed by atoms with Crippen LogP contribution < -0.4 is 0 Å². The van der Waals surface area contributed by atoms with Gasteiger partial charge in [0.15, 0.2) is 0 Å². The third-order valence-corrected chi connectivity index (χ3v) is 5.94. The summed E-state index contributed by atoms with van der Waals surface area (Å²) < 4.78 is 5.78. The third kappa shape index (κ3) is 3.85. The lowest BCUT2D eigenvalue weighted by molar-refractivity contribution is -0.0473. The molecule has 0 radical (unpaired) electrons. The topological polar surface area (TPSA) is 159 Å². The Balaban J connectivity index is 1.49. The van der Waals surface area contributed by atoms with Crippen molar-refractivity contribution in [1.82, 2.24) is 9.80 Å². The van der Waals surface area contributed by atoms with Gasteiger partial charge in [0.1, 0.15) is 6.23 Å². The van der Waals surface area contributed by atoms with E-state index in [2.05, 4.69) is 0 Å². The molecular formula is C24H20N2O9. The van der Waals surface area contributed by atoms with Crippen molar-refractivity contribution in [3.8, 4) is 0 Å². The number of carboxylic acid groups (broad SMARTS) is 2. The SMILES string of the molecule is CCC(OCC(C)N1C(=O)c2ccc(C(=O)O)cc2C1=O)N1C(=O)c2ccc(C(=O)O)cc2C1=O. The first kappa shape index (κ1) is 23.8. The molecule has 0 aliphatic carbocycles. The highest BCUT2D eigenvalue weighted by Crippen LogP contribution is 2.29. The van der Waals surface area contributed by atoms with Crippen LogP contribution in [0.3, 0.4) is 0 Å². The van der Waals surface area contributed by atoms with E-state index in [4.69, 9.17) is 14.9 Å². The summed E-state index contributed by atoms with van der Waals surface area (Å²) in [5.41, 5.74) is -0.189. The Labute approximate surface area is 198 Å². The molecule has 11 nitrogen and oxygen atoms in total. The molecule has 2 N–H and O–H groups in total. The van der Waals surface area contributed by atoms with Crippen LogP contribution in [0, 0.1) is 0 Å². The van der Waals surface area contributed by atoms with Crippen LogP contribution in [0.4, 0.5) is 0 Å². The number of carbonyl (C=O) groups excluding carboxylic acids is 4. The standard InChI is InChI=1S/C24H20N2O9/c1-3-18(26-20(28)15-7-5-13(24(33)34)9-17(15)22(26)30)35-10-11(2)25-19(27)14-6-4-12(23(31)32)8-16(14)21(25)29/h4-9,11,18H,3,10H2,1-2H3,(H,31,32)(H,33,34). The van der Waals surface area contributed by atoms with Gasteiger partial charge in [-0.25, -0.2) is 14.5 Å². The number of carbonyl (C=O) groups is 6. The summed E-state index contributed by atoms with van der Waals surface area (Å²) in [6.45, 7) is 3.02. The van der Waals surface area contributed by atoms with Gasteiger partial charge in [0.05, 0.1) is 46.0 Å². The number of hydrogen-bond acceptors (Lipinski definition) is 7. The Morgan fingerprint density at radius 2 is 1.20 bits per heavy atom. The second-order valence-corrected chi connectivity index (χ2v) is 8.14. The highest BCUT2D eigenvalue weighted by atomic mass is 16.5. The van der Waals surface area contributed by atoms with E-state index in [9.17, 15) is 28.8 Å². The second-order valence-electron chi connectivity index (χ2n) is 8.14. The van der Waals surface area contributed by atoms with Gasteiger partial charge in [-0.1, -0.05) is 6.92 Å². The lowest BCUT2D eigenvalue weighted by atomic mass is 10.1. The Kier molecular flexibility index (Phi) is 5.95. The normalized spacial score (nSPS) is 16.4. The lowest BCUT2D eigenvalue weighted by Crippen LogP contribution is -2.45. The van der Waals surface area contributed by atoms with E-state index >= 15 is 0 Å². The van der Waals surface area contributed by atoms with Crippen molar-refractivity contribution in [2.24, 2.45) is 0 Å². The van der Waals surface area contributed by atoms with Crippen LogP contribution in [-0.4, -0.2) is 74.5 Å². The monoisotopic (exact) mass is 480 g/mol. The van der Waals surface area contributed by atoms with Crippen LogP contribution in [0.1, 0.15) is 82.4 Å². The first-order valence-corrected chi connectivity index (χ1v) is 10.7. The summed E-state index contributed by atoms with van der Waals surface area (Å²) in [6.07, 6.45) is -0.819. The molecule has 0 bridgehead atoms. The molecule has 35 heavy (non-hydrogen) atoms. The minimum absolute atomic E-state index is 0.0247. The van der Waals surface area contributed by atoms with Crippen molar-refractivity contribution >= 4 is 35.6 Å². The molecule has 4 rings (SSSR count). The fourth-order valence-corrected chi connectivity index (χ4v) is 4.15. The number of nitrogens with zero attached hydrogens (tertiary/aromatic N) is 2. The van der Waals surface area contributed by atoms with E-state index in [-0.39, 0.29) is 46.4 Å². The fourth-order valence-electron chi connectivity index (χ4n) is 4.15. The van der Waals surface area contributed by atoms with Gasteiger partial charge in [0, 0.05) is 0 Å². The maximum Gasteiger partial charge on any atom is 0.335 e. The predicted octanol–water partition coefficient (Wildman–Crippen LogP) is 2.12. The summed E-state index contributed by atoms with van der Waals surface area (Å²) in [6, 6.07) is 6.52. The highest BCUT2D eigenvalue weighted by molar-refractivity contribution is 6.23. The number of aromatic carboxylic acids is 2. The molecule has 2 unspecified atom stereocenters. The van der Waals surface area contributed by atoms with Gasteiger partial charge in [-0.2, -0.15) is 0 Å². The molecule has 4 amide bonds. The summed E-state index contributed by atoms with van der Waals surface area (Å²) in [5, 5.41) is 18.3. The summed E-state index contributed by atoms with van der Waals surface area (Å²) >= 11 is 0. The zero-order valence-corrected chi connectivity index (χ0v) is 18.7. The molecule has 2 aromatic rings. The second kappa shape index (κ2) is 8.76. The van der Waals surface area contributed by atoms with Gasteiger partial charge >= 0.3 is 11.9 Å². The number of hydrogen-bond donors (Lipinski definition) is 2. The first-order chi connectivity index (χ1) is 16.6. The molecule has 0 fully saturated rings. The molecule has 2 aliphatic rings. The third-order valence-electron chi connectivity index (χ3n) is 5.94. The van der Waals surface area contributed by atoms with Crippen LogP contribution >= 0.6 is 0 Å². The molecule has 0 saturated carbocycles. The molecule has 11 heteroatoms. The van der Waals surface area contributed by atoms with Crippen LogP contribution in [0.15, 0.2) is 36.4 Å². The molecular weight excluding hydrogens is 460 g/mol. The maximum atomic E-state index is 12.9. The van der Waals surface area contributed by atoms with Crippen LogP contribution in [-0.2, 0) is 4.74 Å². The number of ether oxygens (including phenoxy) is 1. The lowest BCUT2D eigenvalue weighted by Gasteiger charge is -2.29. The largest absolute Gasteiger partial charge is 0.478 e. The molecule has 180 valence electrons. The molecule has 0 aromatic heterocycles. The molecule has 2 aliphatic heterocycles. The highest BCUT2D eigenvalue weighted by Gasteiger charge is 2.42. The van der Waals surface area contributed by atoms with Crippen LogP contribution in [0.25, 0.3) is 0 Å². The number of benzene rings is 2. The maximum absolute atomic E-state index is 12.9. The van der Waals surface area contributed by atoms with Gasteiger partial charge in [-0.05, 0) is 49.7 Å². The van der Waals surface area contributed by atoms with Gasteiger partial charge in [0.25, 0.3) is 23.6 Å². The van der Waals surface area contributed by atoms with E-state index in [0.29, 0.717) is 0 Å². The van der Waals surface area contributed by atoms with Crippen molar-refractivity contribution in [3.63, 3.8) is 0 Å².